The van der Waals surface area contributed by atoms with Crippen molar-refractivity contribution in [1.29, 1.82) is 0 Å². The normalized spacial score (nSPS) is 17.6. The van der Waals surface area contributed by atoms with Crippen LogP contribution in [0.25, 0.3) is 0 Å². The van der Waals surface area contributed by atoms with E-state index in [1.54, 1.807) is 30.3 Å². The molecule has 0 radical (unpaired) electrons. The van der Waals surface area contributed by atoms with E-state index in [0.717, 1.165) is 12.0 Å². The lowest BCUT2D eigenvalue weighted by atomic mass is 10.0. The van der Waals surface area contributed by atoms with Gasteiger partial charge in [-0.3, -0.25) is 19.2 Å². The van der Waals surface area contributed by atoms with Gasteiger partial charge in [-0.05, 0) is 43.4 Å². The monoisotopic (exact) mass is 507 g/mol. The van der Waals surface area contributed by atoms with Crippen molar-refractivity contribution in [1.82, 2.24) is 21.3 Å². The molecule has 1 fully saturated rings. The first-order valence-corrected chi connectivity index (χ1v) is 12.8. The summed E-state index contributed by atoms with van der Waals surface area (Å²) in [6, 6.07) is 4.86. The highest BCUT2D eigenvalue weighted by atomic mass is 32.2. The van der Waals surface area contributed by atoms with E-state index in [1.165, 1.54) is 11.8 Å². The maximum absolute atomic E-state index is 13.1. The molecule has 0 bridgehead atoms. The van der Waals surface area contributed by atoms with Crippen molar-refractivity contribution in [2.24, 2.45) is 5.73 Å². The fraction of sp³-hybridized carbons (Fsp3) is 0.522. The maximum Gasteiger partial charge on any atom is 0.326 e. The Morgan fingerprint density at radius 2 is 1.71 bits per heavy atom. The Morgan fingerprint density at radius 1 is 1.06 bits per heavy atom. The van der Waals surface area contributed by atoms with E-state index < -0.39 is 60.2 Å². The fourth-order valence-corrected chi connectivity index (χ4v) is 4.16. The minimum atomic E-state index is -1.28. The molecule has 4 atom stereocenters. The van der Waals surface area contributed by atoms with Crippen LogP contribution in [0.4, 0.5) is 0 Å². The van der Waals surface area contributed by atoms with E-state index >= 15 is 0 Å². The van der Waals surface area contributed by atoms with Crippen LogP contribution in [-0.2, 0) is 30.4 Å². The third kappa shape index (κ3) is 9.57. The van der Waals surface area contributed by atoms with Crippen molar-refractivity contribution in [2.75, 3.05) is 18.6 Å². The summed E-state index contributed by atoms with van der Waals surface area (Å²) in [7, 11) is 0. The molecule has 4 amide bonds. The Hall–Kier alpha value is -3.12. The van der Waals surface area contributed by atoms with E-state index in [2.05, 4.69) is 21.3 Å². The summed E-state index contributed by atoms with van der Waals surface area (Å²) in [6.45, 7) is 0.672. The molecular weight excluding hydrogens is 474 g/mol. The second-order valence-corrected chi connectivity index (χ2v) is 9.30. The van der Waals surface area contributed by atoms with E-state index in [0.29, 0.717) is 18.7 Å². The third-order valence-corrected chi connectivity index (χ3v) is 6.20. The number of carbonyl (C=O) groups is 5. The van der Waals surface area contributed by atoms with Crippen LogP contribution in [0.3, 0.4) is 0 Å². The number of nitrogens with two attached hydrogens (primary N) is 1. The lowest BCUT2D eigenvalue weighted by molar-refractivity contribution is -0.142. The van der Waals surface area contributed by atoms with Crippen molar-refractivity contribution in [3.05, 3.63) is 35.9 Å². The standard InChI is InChI=1S/C23H33N5O6S/c1-35-11-9-16(23(33)34)26-21(31)17(12-14-6-3-2-4-7-14)27-22(32)18(13-19(24)29)28-20(30)15-8-5-10-25-15/h2-4,6-7,15-18,25H,5,8-13H2,1H3,(H2,24,29)(H,26,31)(H,27,32)(H,28,30)(H,33,34). The van der Waals surface area contributed by atoms with Crippen LogP contribution in [0.5, 0.6) is 0 Å². The molecule has 35 heavy (non-hydrogen) atoms. The number of aliphatic carboxylic acids is 1. The SMILES string of the molecule is CSCCC(NC(=O)C(Cc1ccccc1)NC(=O)C(CC(N)=O)NC(=O)C1CCCN1)C(=O)O. The number of nitrogens with one attached hydrogen (secondary N) is 4. The van der Waals surface area contributed by atoms with Gasteiger partial charge in [0.15, 0.2) is 0 Å². The summed E-state index contributed by atoms with van der Waals surface area (Å²) >= 11 is 1.45. The molecule has 4 unspecified atom stereocenters. The number of amides is 4. The Bertz CT molecular complexity index is 894. The van der Waals surface area contributed by atoms with Crippen molar-refractivity contribution in [2.45, 2.75) is 56.3 Å². The summed E-state index contributed by atoms with van der Waals surface area (Å²) in [5.74, 6) is -3.33. The molecule has 1 aliphatic rings. The van der Waals surface area contributed by atoms with E-state index in [9.17, 15) is 29.1 Å². The highest BCUT2D eigenvalue weighted by Crippen LogP contribution is 2.08. The molecule has 0 spiro atoms. The quantitative estimate of drug-likeness (QED) is 0.188. The number of hydrogen-bond acceptors (Lipinski definition) is 7. The van der Waals surface area contributed by atoms with Crippen LogP contribution in [0.2, 0.25) is 0 Å². The van der Waals surface area contributed by atoms with Gasteiger partial charge >= 0.3 is 5.97 Å². The molecular formula is C23H33N5O6S. The van der Waals surface area contributed by atoms with E-state index in [-0.39, 0.29) is 12.8 Å². The summed E-state index contributed by atoms with van der Waals surface area (Å²) < 4.78 is 0. The molecule has 11 nitrogen and oxygen atoms in total. The first-order valence-electron chi connectivity index (χ1n) is 11.4. The van der Waals surface area contributed by atoms with Gasteiger partial charge < -0.3 is 32.1 Å². The van der Waals surface area contributed by atoms with Gasteiger partial charge in [-0.1, -0.05) is 30.3 Å². The summed E-state index contributed by atoms with van der Waals surface area (Å²) in [6.07, 6.45) is 3.08. The topological polar surface area (TPSA) is 180 Å². The van der Waals surface area contributed by atoms with Gasteiger partial charge in [0.2, 0.25) is 23.6 Å². The lowest BCUT2D eigenvalue weighted by Gasteiger charge is -2.25. The van der Waals surface area contributed by atoms with E-state index in [4.69, 9.17) is 5.73 Å². The number of hydrogen-bond donors (Lipinski definition) is 6. The fourth-order valence-electron chi connectivity index (χ4n) is 3.69. The number of thioether (sulfide) groups is 1. The molecule has 12 heteroatoms. The molecule has 1 aliphatic heterocycles. The van der Waals surface area contributed by atoms with Crippen molar-refractivity contribution in [3.8, 4) is 0 Å². The van der Waals surface area contributed by atoms with Crippen LogP contribution in [0.1, 0.15) is 31.2 Å². The Labute approximate surface area is 208 Å². The molecule has 1 aromatic rings. The Kier molecular flexibility index (Phi) is 11.5. The van der Waals surface area contributed by atoms with E-state index in [1.807, 2.05) is 6.26 Å². The van der Waals surface area contributed by atoms with Gasteiger partial charge in [-0.25, -0.2) is 4.79 Å². The highest BCUT2D eigenvalue weighted by Gasteiger charge is 2.32. The average Bonchev–Trinajstić information content (AvgIpc) is 3.36. The number of carbonyl (C=O) groups excluding carboxylic acids is 4. The lowest BCUT2D eigenvalue weighted by Crippen LogP contribution is -2.58. The summed E-state index contributed by atoms with van der Waals surface area (Å²) in [5.41, 5.74) is 6.02. The number of benzene rings is 1. The number of carboxylic acids is 1. The number of carboxylic acid groups (broad SMARTS) is 1. The minimum Gasteiger partial charge on any atom is -0.480 e. The molecule has 1 aromatic carbocycles. The van der Waals surface area contributed by atoms with Crippen molar-refractivity contribution >= 4 is 41.4 Å². The third-order valence-electron chi connectivity index (χ3n) is 5.56. The molecule has 1 saturated heterocycles. The van der Waals surface area contributed by atoms with Crippen LogP contribution in [-0.4, -0.2) is 77.4 Å². The van der Waals surface area contributed by atoms with Gasteiger partial charge in [0.25, 0.3) is 0 Å². The summed E-state index contributed by atoms with van der Waals surface area (Å²) in [4.78, 5) is 61.8. The van der Waals surface area contributed by atoms with Gasteiger partial charge in [-0.15, -0.1) is 0 Å². The minimum absolute atomic E-state index is 0.0781. The second kappa shape index (κ2) is 14.3. The van der Waals surface area contributed by atoms with Crippen LogP contribution < -0.4 is 27.0 Å². The zero-order valence-corrected chi connectivity index (χ0v) is 20.4. The molecule has 7 N–H and O–H groups in total. The van der Waals surface area contributed by atoms with Crippen molar-refractivity contribution < 1.29 is 29.1 Å². The molecule has 192 valence electrons. The molecule has 0 aliphatic carbocycles. The smallest absolute Gasteiger partial charge is 0.326 e. The predicted octanol–water partition coefficient (Wildman–Crippen LogP) is -0.851. The molecule has 2 rings (SSSR count). The summed E-state index contributed by atoms with van der Waals surface area (Å²) in [5, 5.41) is 20.1. The average molecular weight is 508 g/mol. The number of primary amides is 1. The number of rotatable bonds is 14. The Balaban J connectivity index is 2.18. The van der Waals surface area contributed by atoms with Crippen LogP contribution in [0.15, 0.2) is 30.3 Å². The van der Waals surface area contributed by atoms with Gasteiger partial charge in [0.1, 0.15) is 18.1 Å². The molecule has 0 aromatic heterocycles. The van der Waals surface area contributed by atoms with Crippen LogP contribution >= 0.6 is 11.8 Å². The largest absolute Gasteiger partial charge is 0.480 e. The first kappa shape index (κ1) is 28.1. The van der Waals surface area contributed by atoms with Gasteiger partial charge in [0, 0.05) is 6.42 Å². The Morgan fingerprint density at radius 3 is 2.29 bits per heavy atom. The van der Waals surface area contributed by atoms with Gasteiger partial charge in [-0.2, -0.15) is 11.8 Å². The molecule has 1 heterocycles. The first-order chi connectivity index (χ1) is 16.7. The zero-order valence-electron chi connectivity index (χ0n) is 19.6. The predicted molar refractivity (Wildman–Crippen MR) is 131 cm³/mol. The maximum atomic E-state index is 13.1. The van der Waals surface area contributed by atoms with Crippen LogP contribution in [0, 0.1) is 0 Å². The van der Waals surface area contributed by atoms with Gasteiger partial charge in [0.05, 0.1) is 12.5 Å². The zero-order chi connectivity index (χ0) is 25.8. The molecule has 0 saturated carbocycles. The van der Waals surface area contributed by atoms with Crippen molar-refractivity contribution in [3.63, 3.8) is 0 Å². The second-order valence-electron chi connectivity index (χ2n) is 8.31. The highest BCUT2D eigenvalue weighted by molar-refractivity contribution is 7.98.